The summed E-state index contributed by atoms with van der Waals surface area (Å²) in [5, 5.41) is 6.98. The molecule has 7 heteroatoms. The number of halogens is 1. The van der Waals surface area contributed by atoms with Crippen LogP contribution < -0.4 is 0 Å². The number of rotatable bonds is 5. The van der Waals surface area contributed by atoms with E-state index < -0.39 is 5.25 Å². The van der Waals surface area contributed by atoms with E-state index >= 15 is 0 Å². The van der Waals surface area contributed by atoms with Crippen molar-refractivity contribution in [3.05, 3.63) is 66.0 Å². The number of amides is 1. The van der Waals surface area contributed by atoms with Crippen LogP contribution in [-0.4, -0.2) is 39.1 Å². The second-order valence-electron chi connectivity index (χ2n) is 6.39. The third-order valence-corrected chi connectivity index (χ3v) is 5.66. The number of hydrogen-bond donors (Lipinski definition) is 1. The molecular weight excluding hydrogens is 363 g/mol. The van der Waals surface area contributed by atoms with Crippen LogP contribution in [0.5, 0.6) is 0 Å². The number of thioether (sulfide) groups is 1. The summed E-state index contributed by atoms with van der Waals surface area (Å²) in [5.74, 6) is 0.0647. The van der Waals surface area contributed by atoms with Gasteiger partial charge in [-0.05, 0) is 30.5 Å². The molecule has 27 heavy (non-hydrogen) atoms. The van der Waals surface area contributed by atoms with E-state index in [2.05, 4.69) is 15.2 Å². The Bertz CT molecular complexity index is 924. The number of carbonyl (C=O) groups excluding carboxylic acids is 1. The van der Waals surface area contributed by atoms with E-state index in [9.17, 15) is 9.18 Å². The molecule has 2 aromatic carbocycles. The predicted octanol–water partition coefficient (Wildman–Crippen LogP) is 4.07. The summed E-state index contributed by atoms with van der Waals surface area (Å²) < 4.78 is 14.0. The molecule has 0 radical (unpaired) electrons. The van der Waals surface area contributed by atoms with Crippen molar-refractivity contribution in [3.63, 3.8) is 0 Å². The molecule has 0 saturated carbocycles. The Morgan fingerprint density at radius 1 is 1.07 bits per heavy atom. The van der Waals surface area contributed by atoms with Crippen LogP contribution in [0, 0.1) is 5.82 Å². The van der Waals surface area contributed by atoms with Crippen LogP contribution in [-0.2, 0) is 4.79 Å². The zero-order valence-electron chi connectivity index (χ0n) is 14.6. The highest BCUT2D eigenvalue weighted by atomic mass is 32.2. The quantitative estimate of drug-likeness (QED) is 0.676. The molecule has 1 N–H and O–H groups in total. The summed E-state index contributed by atoms with van der Waals surface area (Å²) in [6.07, 6.45) is 2.08. The molecule has 0 spiro atoms. The molecule has 1 aromatic heterocycles. The lowest BCUT2D eigenvalue weighted by Gasteiger charge is -2.22. The van der Waals surface area contributed by atoms with Crippen molar-refractivity contribution in [1.29, 1.82) is 0 Å². The second kappa shape index (κ2) is 7.92. The minimum absolute atomic E-state index is 0.0703. The van der Waals surface area contributed by atoms with Gasteiger partial charge in [0.1, 0.15) is 11.1 Å². The fraction of sp³-hybridized carbons (Fsp3) is 0.250. The lowest BCUT2D eigenvalue weighted by Crippen LogP contribution is -2.31. The van der Waals surface area contributed by atoms with Crippen LogP contribution in [0.1, 0.15) is 23.7 Å². The molecule has 1 atom stereocenters. The van der Waals surface area contributed by atoms with Gasteiger partial charge in [0.25, 0.3) is 0 Å². The van der Waals surface area contributed by atoms with Crippen molar-refractivity contribution >= 4 is 17.7 Å². The largest absolute Gasteiger partial charge is 0.341 e. The number of H-pyrrole nitrogens is 1. The Kier molecular flexibility index (Phi) is 5.20. The van der Waals surface area contributed by atoms with E-state index in [1.54, 1.807) is 18.2 Å². The van der Waals surface area contributed by atoms with Gasteiger partial charge >= 0.3 is 0 Å². The average molecular weight is 382 g/mol. The van der Waals surface area contributed by atoms with E-state index in [1.165, 1.54) is 17.8 Å². The minimum atomic E-state index is -0.423. The van der Waals surface area contributed by atoms with Crippen molar-refractivity contribution in [3.8, 4) is 11.4 Å². The van der Waals surface area contributed by atoms with Crippen molar-refractivity contribution in [2.45, 2.75) is 23.2 Å². The van der Waals surface area contributed by atoms with Gasteiger partial charge < -0.3 is 4.90 Å². The standard InChI is InChI=1S/C20H19FN4OS/c21-16-11-5-4-10-15(16)18-22-20(24-23-18)27-17(14-8-2-1-3-9-14)19(26)25-12-6-7-13-25/h1-5,8-11,17H,6-7,12-13H2,(H,22,23,24). The summed E-state index contributed by atoms with van der Waals surface area (Å²) in [5.41, 5.74) is 1.27. The van der Waals surface area contributed by atoms with Crippen LogP contribution in [0.4, 0.5) is 4.39 Å². The normalized spacial score (nSPS) is 15.1. The first-order chi connectivity index (χ1) is 13.2. The van der Waals surface area contributed by atoms with E-state index in [-0.39, 0.29) is 11.7 Å². The monoisotopic (exact) mass is 382 g/mol. The van der Waals surface area contributed by atoms with Gasteiger partial charge in [-0.2, -0.15) is 0 Å². The maximum atomic E-state index is 14.0. The number of aromatic amines is 1. The topological polar surface area (TPSA) is 61.9 Å². The Balaban J connectivity index is 1.60. The SMILES string of the molecule is O=C(C(Sc1n[nH]c(-c2ccccc2F)n1)c1ccccc1)N1CCCC1. The van der Waals surface area contributed by atoms with E-state index in [4.69, 9.17) is 0 Å². The van der Waals surface area contributed by atoms with E-state index in [0.717, 1.165) is 31.5 Å². The van der Waals surface area contributed by atoms with Crippen LogP contribution in [0.2, 0.25) is 0 Å². The van der Waals surface area contributed by atoms with Gasteiger partial charge in [-0.1, -0.05) is 54.2 Å². The van der Waals surface area contributed by atoms with Crippen LogP contribution in [0.25, 0.3) is 11.4 Å². The zero-order valence-corrected chi connectivity index (χ0v) is 15.5. The lowest BCUT2D eigenvalue weighted by molar-refractivity contribution is -0.129. The van der Waals surface area contributed by atoms with Crippen LogP contribution in [0.15, 0.2) is 59.8 Å². The second-order valence-corrected chi connectivity index (χ2v) is 7.46. The number of carbonyl (C=O) groups is 1. The molecule has 5 nitrogen and oxygen atoms in total. The summed E-state index contributed by atoms with van der Waals surface area (Å²) in [6.45, 7) is 1.58. The smallest absolute Gasteiger partial charge is 0.240 e. The molecule has 1 saturated heterocycles. The molecule has 1 fully saturated rings. The van der Waals surface area contributed by atoms with Gasteiger partial charge in [-0.15, -0.1) is 5.10 Å². The molecule has 1 aliphatic rings. The van der Waals surface area contributed by atoms with Crippen LogP contribution in [0.3, 0.4) is 0 Å². The number of nitrogens with zero attached hydrogens (tertiary/aromatic N) is 3. The van der Waals surface area contributed by atoms with Crippen molar-refractivity contribution in [2.24, 2.45) is 0 Å². The fourth-order valence-corrected chi connectivity index (χ4v) is 4.17. The minimum Gasteiger partial charge on any atom is -0.341 e. The van der Waals surface area contributed by atoms with Gasteiger partial charge in [0.05, 0.1) is 5.56 Å². The number of hydrogen-bond acceptors (Lipinski definition) is 4. The Hall–Kier alpha value is -2.67. The molecule has 0 aliphatic carbocycles. The highest BCUT2D eigenvalue weighted by molar-refractivity contribution is 8.00. The van der Waals surface area contributed by atoms with Gasteiger partial charge in [0.2, 0.25) is 11.1 Å². The first-order valence-corrected chi connectivity index (χ1v) is 9.78. The molecule has 4 rings (SSSR count). The Labute approximate surface area is 161 Å². The molecule has 2 heterocycles. The molecule has 3 aromatic rings. The van der Waals surface area contributed by atoms with Crippen LogP contribution >= 0.6 is 11.8 Å². The molecule has 1 unspecified atom stereocenters. The predicted molar refractivity (Wildman–Crippen MR) is 103 cm³/mol. The molecule has 1 amide bonds. The van der Waals surface area contributed by atoms with Gasteiger partial charge in [0, 0.05) is 13.1 Å². The number of likely N-dealkylation sites (tertiary alicyclic amines) is 1. The zero-order chi connectivity index (χ0) is 18.6. The maximum absolute atomic E-state index is 14.0. The highest BCUT2D eigenvalue weighted by Gasteiger charge is 2.30. The molecule has 138 valence electrons. The Morgan fingerprint density at radius 2 is 1.78 bits per heavy atom. The Morgan fingerprint density at radius 3 is 2.52 bits per heavy atom. The maximum Gasteiger partial charge on any atom is 0.240 e. The number of nitrogens with one attached hydrogen (secondary N) is 1. The molecule has 1 aliphatic heterocycles. The fourth-order valence-electron chi connectivity index (χ4n) is 3.17. The third kappa shape index (κ3) is 3.88. The molecule has 0 bridgehead atoms. The van der Waals surface area contributed by atoms with Crippen molar-refractivity contribution in [2.75, 3.05) is 13.1 Å². The summed E-state index contributed by atoms with van der Waals surface area (Å²) in [4.78, 5) is 19.4. The third-order valence-electron chi connectivity index (χ3n) is 4.56. The first kappa shape index (κ1) is 17.7. The van der Waals surface area contributed by atoms with Gasteiger partial charge in [0.15, 0.2) is 5.82 Å². The van der Waals surface area contributed by atoms with E-state index in [1.807, 2.05) is 35.2 Å². The number of benzene rings is 2. The summed E-state index contributed by atoms with van der Waals surface area (Å²) in [7, 11) is 0. The number of aromatic nitrogens is 3. The summed E-state index contributed by atoms with van der Waals surface area (Å²) in [6, 6.07) is 16.1. The van der Waals surface area contributed by atoms with Crippen molar-refractivity contribution < 1.29 is 9.18 Å². The average Bonchev–Trinajstić information content (AvgIpc) is 3.39. The van der Waals surface area contributed by atoms with Gasteiger partial charge in [-0.25, -0.2) is 9.37 Å². The molecular formula is C20H19FN4OS. The summed E-state index contributed by atoms with van der Waals surface area (Å²) >= 11 is 1.29. The highest BCUT2D eigenvalue weighted by Crippen LogP contribution is 2.36. The van der Waals surface area contributed by atoms with E-state index in [0.29, 0.717) is 16.5 Å². The van der Waals surface area contributed by atoms with Crippen molar-refractivity contribution in [1.82, 2.24) is 20.1 Å². The lowest BCUT2D eigenvalue weighted by atomic mass is 10.1. The van der Waals surface area contributed by atoms with Gasteiger partial charge in [-0.3, -0.25) is 9.89 Å². The first-order valence-electron chi connectivity index (χ1n) is 8.90.